The number of hydrogen-bond donors (Lipinski definition) is 1. The van der Waals surface area contributed by atoms with Gasteiger partial charge in [-0.3, -0.25) is 0 Å². The zero-order chi connectivity index (χ0) is 13.8. The molecule has 0 spiro atoms. The van der Waals surface area contributed by atoms with E-state index < -0.39 is 0 Å². The number of hydrogen-bond acceptors (Lipinski definition) is 3. The molecular formula is C17H17NOS. The van der Waals surface area contributed by atoms with Crippen LogP contribution >= 0.6 is 11.3 Å². The largest absolute Gasteiger partial charge is 0.449 e. The van der Waals surface area contributed by atoms with Gasteiger partial charge in [0.05, 0.1) is 6.26 Å². The second kappa shape index (κ2) is 5.97. The monoisotopic (exact) mass is 283 g/mol. The van der Waals surface area contributed by atoms with E-state index in [4.69, 9.17) is 4.42 Å². The molecule has 0 aliphatic carbocycles. The quantitative estimate of drug-likeness (QED) is 0.694. The first-order valence-electron chi connectivity index (χ1n) is 6.73. The second-order valence-electron chi connectivity index (χ2n) is 4.89. The molecule has 2 heterocycles. The van der Waals surface area contributed by atoms with E-state index in [9.17, 15) is 0 Å². The molecule has 0 saturated carbocycles. The molecule has 3 aromatic rings. The molecule has 0 radical (unpaired) electrons. The van der Waals surface area contributed by atoms with Gasteiger partial charge in [0.2, 0.25) is 0 Å². The van der Waals surface area contributed by atoms with Gasteiger partial charge in [-0.2, -0.15) is 11.3 Å². The minimum atomic E-state index is 0.441. The van der Waals surface area contributed by atoms with Crippen molar-refractivity contribution in [1.29, 1.82) is 0 Å². The van der Waals surface area contributed by atoms with E-state index in [1.54, 1.807) is 17.6 Å². The highest BCUT2D eigenvalue weighted by Crippen LogP contribution is 2.24. The van der Waals surface area contributed by atoms with Crippen LogP contribution in [0.2, 0.25) is 0 Å². The van der Waals surface area contributed by atoms with E-state index in [1.165, 1.54) is 16.7 Å². The smallest absolute Gasteiger partial charge is 0.192 e. The fraction of sp³-hybridized carbons (Fsp3) is 0.176. The zero-order valence-electron chi connectivity index (χ0n) is 11.4. The molecule has 2 aromatic heterocycles. The van der Waals surface area contributed by atoms with E-state index >= 15 is 0 Å². The number of rotatable bonds is 5. The van der Waals surface area contributed by atoms with Crippen LogP contribution in [0, 0.1) is 0 Å². The molecule has 1 atom stereocenters. The number of thiophene rings is 1. The summed E-state index contributed by atoms with van der Waals surface area (Å²) >= 11 is 1.73. The highest BCUT2D eigenvalue weighted by Gasteiger charge is 2.06. The lowest BCUT2D eigenvalue weighted by atomic mass is 9.98. The van der Waals surface area contributed by atoms with Gasteiger partial charge < -0.3 is 9.73 Å². The van der Waals surface area contributed by atoms with Crippen LogP contribution in [-0.4, -0.2) is 6.54 Å². The first kappa shape index (κ1) is 13.0. The van der Waals surface area contributed by atoms with Crippen LogP contribution in [-0.2, 0) is 0 Å². The van der Waals surface area contributed by atoms with Crippen molar-refractivity contribution in [2.75, 3.05) is 11.9 Å². The number of benzene rings is 1. The van der Waals surface area contributed by atoms with E-state index in [0.29, 0.717) is 5.92 Å². The van der Waals surface area contributed by atoms with Crippen molar-refractivity contribution < 1.29 is 4.42 Å². The summed E-state index contributed by atoms with van der Waals surface area (Å²) in [7, 11) is 0. The van der Waals surface area contributed by atoms with Crippen LogP contribution in [0.15, 0.2) is 63.9 Å². The minimum Gasteiger partial charge on any atom is -0.449 e. The summed E-state index contributed by atoms with van der Waals surface area (Å²) in [5.74, 6) is 1.27. The standard InChI is InChI=1S/C17H17NOS/c1-13(11-18-17-3-2-9-19-17)14-4-6-15(7-5-14)16-8-10-20-12-16/h2-10,12-13,18H,11H2,1H3. The van der Waals surface area contributed by atoms with Crippen molar-refractivity contribution in [1.82, 2.24) is 0 Å². The average molecular weight is 283 g/mol. The Morgan fingerprint density at radius 3 is 2.60 bits per heavy atom. The molecule has 3 heteroatoms. The highest BCUT2D eigenvalue weighted by atomic mass is 32.1. The summed E-state index contributed by atoms with van der Waals surface area (Å²) < 4.78 is 5.28. The lowest BCUT2D eigenvalue weighted by Crippen LogP contribution is -2.09. The van der Waals surface area contributed by atoms with Crippen molar-refractivity contribution in [3.8, 4) is 11.1 Å². The van der Waals surface area contributed by atoms with Gasteiger partial charge in [-0.25, -0.2) is 0 Å². The zero-order valence-corrected chi connectivity index (χ0v) is 12.2. The molecule has 1 N–H and O–H groups in total. The normalized spacial score (nSPS) is 12.2. The van der Waals surface area contributed by atoms with E-state index in [1.807, 2.05) is 12.1 Å². The van der Waals surface area contributed by atoms with Gasteiger partial charge in [0.25, 0.3) is 0 Å². The topological polar surface area (TPSA) is 25.2 Å². The molecule has 0 amide bonds. The van der Waals surface area contributed by atoms with Gasteiger partial charge in [0, 0.05) is 12.6 Å². The Labute approximate surface area is 123 Å². The third kappa shape index (κ3) is 2.94. The molecular weight excluding hydrogens is 266 g/mol. The summed E-state index contributed by atoms with van der Waals surface area (Å²) in [6.45, 7) is 3.08. The molecule has 0 fully saturated rings. The molecule has 20 heavy (non-hydrogen) atoms. The summed E-state index contributed by atoms with van der Waals surface area (Å²) in [5.41, 5.74) is 3.91. The van der Waals surface area contributed by atoms with Crippen LogP contribution in [0.4, 0.5) is 5.88 Å². The first-order valence-corrected chi connectivity index (χ1v) is 7.67. The molecule has 1 unspecified atom stereocenters. The second-order valence-corrected chi connectivity index (χ2v) is 5.67. The van der Waals surface area contributed by atoms with Crippen molar-refractivity contribution in [3.05, 3.63) is 65.1 Å². The molecule has 102 valence electrons. The van der Waals surface area contributed by atoms with Crippen molar-refractivity contribution >= 4 is 17.2 Å². The molecule has 2 nitrogen and oxygen atoms in total. The number of nitrogens with one attached hydrogen (secondary N) is 1. The van der Waals surface area contributed by atoms with Crippen LogP contribution < -0.4 is 5.32 Å². The van der Waals surface area contributed by atoms with Gasteiger partial charge in [0.15, 0.2) is 5.88 Å². The number of furan rings is 1. The lowest BCUT2D eigenvalue weighted by molar-refractivity contribution is 0.575. The predicted molar refractivity (Wildman–Crippen MR) is 85.4 cm³/mol. The minimum absolute atomic E-state index is 0.441. The van der Waals surface area contributed by atoms with Gasteiger partial charge >= 0.3 is 0 Å². The highest BCUT2D eigenvalue weighted by molar-refractivity contribution is 7.08. The van der Waals surface area contributed by atoms with Crippen LogP contribution in [0.25, 0.3) is 11.1 Å². The molecule has 0 saturated heterocycles. The molecule has 0 aliphatic rings. The molecule has 1 aromatic carbocycles. The predicted octanol–water partition coefficient (Wildman–Crippen LogP) is 5.22. The SMILES string of the molecule is CC(CNc1ccco1)c1ccc(-c2ccsc2)cc1. The average Bonchev–Trinajstić information content (AvgIpc) is 3.18. The summed E-state index contributed by atoms with van der Waals surface area (Å²) in [5, 5.41) is 7.59. The summed E-state index contributed by atoms with van der Waals surface area (Å²) in [4.78, 5) is 0. The van der Waals surface area contributed by atoms with Crippen molar-refractivity contribution in [3.63, 3.8) is 0 Å². The van der Waals surface area contributed by atoms with Crippen molar-refractivity contribution in [2.45, 2.75) is 12.8 Å². The molecule has 0 bridgehead atoms. The van der Waals surface area contributed by atoms with Crippen LogP contribution in [0.5, 0.6) is 0 Å². The Kier molecular flexibility index (Phi) is 3.88. The third-order valence-corrected chi connectivity index (χ3v) is 4.12. The maximum atomic E-state index is 5.28. The maximum absolute atomic E-state index is 5.28. The fourth-order valence-electron chi connectivity index (χ4n) is 2.18. The van der Waals surface area contributed by atoms with Crippen LogP contribution in [0.3, 0.4) is 0 Å². The Hall–Kier alpha value is -2.00. The van der Waals surface area contributed by atoms with Crippen LogP contribution in [0.1, 0.15) is 18.4 Å². The maximum Gasteiger partial charge on any atom is 0.192 e. The summed E-state index contributed by atoms with van der Waals surface area (Å²) in [6.07, 6.45) is 1.68. The number of anilines is 1. The van der Waals surface area contributed by atoms with Gasteiger partial charge in [-0.05, 0) is 45.5 Å². The fourth-order valence-corrected chi connectivity index (χ4v) is 2.85. The lowest BCUT2D eigenvalue weighted by Gasteiger charge is -2.13. The van der Waals surface area contributed by atoms with Gasteiger partial charge in [-0.15, -0.1) is 0 Å². The van der Waals surface area contributed by atoms with Gasteiger partial charge in [0.1, 0.15) is 0 Å². The Morgan fingerprint density at radius 2 is 1.95 bits per heavy atom. The Balaban J connectivity index is 1.65. The Bertz CT molecular complexity index is 626. The molecule has 3 rings (SSSR count). The summed E-state index contributed by atoms with van der Waals surface area (Å²) in [6, 6.07) is 14.8. The van der Waals surface area contributed by atoms with Gasteiger partial charge in [-0.1, -0.05) is 31.2 Å². The van der Waals surface area contributed by atoms with E-state index in [0.717, 1.165) is 12.4 Å². The van der Waals surface area contributed by atoms with E-state index in [2.05, 4.69) is 53.3 Å². The molecule has 0 aliphatic heterocycles. The first-order chi connectivity index (χ1) is 9.83. The van der Waals surface area contributed by atoms with E-state index in [-0.39, 0.29) is 0 Å². The Morgan fingerprint density at radius 1 is 1.10 bits per heavy atom. The van der Waals surface area contributed by atoms with Crippen molar-refractivity contribution in [2.24, 2.45) is 0 Å². The third-order valence-electron chi connectivity index (χ3n) is 3.44.